The predicted octanol–water partition coefficient (Wildman–Crippen LogP) is 3.71. The van der Waals surface area contributed by atoms with E-state index in [0.29, 0.717) is 31.0 Å². The minimum Gasteiger partial charge on any atom is -0.293 e. The molecule has 2 rings (SSSR count). The van der Waals surface area contributed by atoms with Gasteiger partial charge in [-0.05, 0) is 37.8 Å². The van der Waals surface area contributed by atoms with Crippen LogP contribution in [-0.4, -0.2) is 23.4 Å². The normalized spacial score (nSPS) is 27.5. The Bertz CT molecular complexity index is 477. The van der Waals surface area contributed by atoms with E-state index in [2.05, 4.69) is 23.8 Å². The molecule has 4 heteroatoms. The molecule has 1 aromatic rings. The van der Waals surface area contributed by atoms with Gasteiger partial charge in [0, 0.05) is 17.3 Å². The minimum atomic E-state index is -0.865. The van der Waals surface area contributed by atoms with Crippen LogP contribution >= 0.6 is 0 Å². The SMILES string of the molecule is CC(=NCC1(c2ncccc2F)CC(F)C1)C(C)C. The molecule has 1 aromatic heterocycles. The molecule has 1 aliphatic carbocycles. The van der Waals surface area contributed by atoms with Gasteiger partial charge in [0.15, 0.2) is 0 Å². The number of aromatic nitrogens is 1. The third-order valence-corrected chi connectivity index (χ3v) is 3.95. The third-order valence-electron chi connectivity index (χ3n) is 3.95. The minimum absolute atomic E-state index is 0.315. The van der Waals surface area contributed by atoms with Crippen molar-refractivity contribution in [2.24, 2.45) is 10.9 Å². The van der Waals surface area contributed by atoms with Crippen molar-refractivity contribution in [2.45, 2.75) is 45.2 Å². The Morgan fingerprint density at radius 1 is 1.53 bits per heavy atom. The van der Waals surface area contributed by atoms with Crippen LogP contribution in [0.2, 0.25) is 0 Å². The molecule has 1 aliphatic rings. The van der Waals surface area contributed by atoms with Crippen molar-refractivity contribution >= 4 is 5.71 Å². The molecule has 1 heterocycles. The van der Waals surface area contributed by atoms with E-state index in [4.69, 9.17) is 0 Å². The molecule has 0 bridgehead atoms. The predicted molar refractivity (Wildman–Crippen MR) is 72.8 cm³/mol. The van der Waals surface area contributed by atoms with E-state index in [1.165, 1.54) is 6.07 Å². The summed E-state index contributed by atoms with van der Waals surface area (Å²) in [7, 11) is 0. The highest BCUT2D eigenvalue weighted by Gasteiger charge is 2.48. The van der Waals surface area contributed by atoms with Crippen LogP contribution in [0.3, 0.4) is 0 Å². The first-order valence-corrected chi connectivity index (χ1v) is 6.70. The van der Waals surface area contributed by atoms with Gasteiger partial charge in [-0.3, -0.25) is 9.98 Å². The molecule has 0 saturated heterocycles. The van der Waals surface area contributed by atoms with Gasteiger partial charge in [-0.15, -0.1) is 0 Å². The molecular formula is C15H20F2N2. The number of halogens is 2. The zero-order valence-corrected chi connectivity index (χ0v) is 11.7. The van der Waals surface area contributed by atoms with Gasteiger partial charge in [-0.2, -0.15) is 0 Å². The molecule has 0 atom stereocenters. The zero-order chi connectivity index (χ0) is 14.0. The lowest BCUT2D eigenvalue weighted by atomic mass is 9.65. The maximum Gasteiger partial charge on any atom is 0.145 e. The Balaban J connectivity index is 2.25. The van der Waals surface area contributed by atoms with Gasteiger partial charge in [-0.1, -0.05) is 13.8 Å². The molecule has 0 spiro atoms. The van der Waals surface area contributed by atoms with E-state index in [1.807, 2.05) is 6.92 Å². The summed E-state index contributed by atoms with van der Waals surface area (Å²) in [4.78, 5) is 8.63. The molecule has 0 aromatic carbocycles. The molecule has 0 unspecified atom stereocenters. The summed E-state index contributed by atoms with van der Waals surface area (Å²) in [5, 5.41) is 0. The van der Waals surface area contributed by atoms with Crippen LogP contribution in [0.4, 0.5) is 8.78 Å². The first-order chi connectivity index (χ1) is 8.94. The van der Waals surface area contributed by atoms with Crippen LogP contribution < -0.4 is 0 Å². The molecule has 0 amide bonds. The summed E-state index contributed by atoms with van der Waals surface area (Å²) < 4.78 is 27.2. The maximum absolute atomic E-state index is 13.9. The molecule has 104 valence electrons. The molecule has 2 nitrogen and oxygen atoms in total. The lowest BCUT2D eigenvalue weighted by Gasteiger charge is -2.42. The fourth-order valence-electron chi connectivity index (χ4n) is 2.42. The van der Waals surface area contributed by atoms with E-state index in [1.54, 1.807) is 12.3 Å². The number of nitrogens with zero attached hydrogens (tertiary/aromatic N) is 2. The average Bonchev–Trinajstić information content (AvgIpc) is 2.33. The van der Waals surface area contributed by atoms with Crippen molar-refractivity contribution in [3.63, 3.8) is 0 Å². The number of hydrogen-bond acceptors (Lipinski definition) is 2. The Morgan fingerprint density at radius 3 is 2.74 bits per heavy atom. The van der Waals surface area contributed by atoms with E-state index < -0.39 is 11.6 Å². The third kappa shape index (κ3) is 2.82. The van der Waals surface area contributed by atoms with Crippen LogP contribution in [0.5, 0.6) is 0 Å². The molecule has 1 fully saturated rings. The maximum atomic E-state index is 13.9. The van der Waals surface area contributed by atoms with Gasteiger partial charge >= 0.3 is 0 Å². The summed E-state index contributed by atoms with van der Waals surface area (Å²) in [5.74, 6) is -0.00122. The molecule has 19 heavy (non-hydrogen) atoms. The first-order valence-electron chi connectivity index (χ1n) is 6.70. The fraction of sp³-hybridized carbons (Fsp3) is 0.600. The smallest absolute Gasteiger partial charge is 0.145 e. The van der Waals surface area contributed by atoms with Gasteiger partial charge < -0.3 is 0 Å². The topological polar surface area (TPSA) is 25.2 Å². The van der Waals surface area contributed by atoms with Crippen molar-refractivity contribution < 1.29 is 8.78 Å². The molecule has 0 aliphatic heterocycles. The van der Waals surface area contributed by atoms with E-state index in [9.17, 15) is 8.78 Å². The van der Waals surface area contributed by atoms with Crippen LogP contribution in [0, 0.1) is 11.7 Å². The second kappa shape index (κ2) is 5.35. The van der Waals surface area contributed by atoms with Gasteiger partial charge in [0.1, 0.15) is 12.0 Å². The quantitative estimate of drug-likeness (QED) is 0.763. The van der Waals surface area contributed by atoms with Crippen molar-refractivity contribution in [3.05, 3.63) is 29.8 Å². The number of rotatable bonds is 4. The van der Waals surface area contributed by atoms with Crippen molar-refractivity contribution in [1.29, 1.82) is 0 Å². The largest absolute Gasteiger partial charge is 0.293 e. The first kappa shape index (κ1) is 14.1. The van der Waals surface area contributed by atoms with Gasteiger partial charge in [0.25, 0.3) is 0 Å². The summed E-state index contributed by atoms with van der Waals surface area (Å²) in [6.45, 7) is 6.50. The number of alkyl halides is 1. The van der Waals surface area contributed by atoms with Crippen LogP contribution in [0.15, 0.2) is 23.3 Å². The van der Waals surface area contributed by atoms with Gasteiger partial charge in [-0.25, -0.2) is 8.78 Å². The van der Waals surface area contributed by atoms with E-state index in [0.717, 1.165) is 5.71 Å². The number of hydrogen-bond donors (Lipinski definition) is 0. The molecular weight excluding hydrogens is 246 g/mol. The molecule has 0 N–H and O–H groups in total. The highest BCUT2D eigenvalue weighted by molar-refractivity contribution is 5.83. The van der Waals surface area contributed by atoms with Gasteiger partial charge in [0.2, 0.25) is 0 Å². The Labute approximate surface area is 113 Å². The van der Waals surface area contributed by atoms with Crippen molar-refractivity contribution in [1.82, 2.24) is 4.98 Å². The van der Waals surface area contributed by atoms with E-state index in [-0.39, 0.29) is 5.82 Å². The second-order valence-electron chi connectivity index (χ2n) is 5.73. The average molecular weight is 266 g/mol. The summed E-state index contributed by atoms with van der Waals surface area (Å²) in [5.41, 5.74) is 0.822. The van der Waals surface area contributed by atoms with Crippen LogP contribution in [0.1, 0.15) is 39.3 Å². The van der Waals surface area contributed by atoms with Crippen molar-refractivity contribution in [3.8, 4) is 0 Å². The summed E-state index contributed by atoms with van der Waals surface area (Å²) >= 11 is 0. The standard InChI is InChI=1S/C15H20F2N2/c1-10(2)11(3)19-9-15(7-12(16)8-15)14-13(17)5-4-6-18-14/h4-6,10,12H,7-9H2,1-3H3. The lowest BCUT2D eigenvalue weighted by molar-refractivity contribution is 0.0935. The Morgan fingerprint density at radius 2 is 2.21 bits per heavy atom. The summed E-state index contributed by atoms with van der Waals surface area (Å²) in [6, 6.07) is 2.94. The zero-order valence-electron chi connectivity index (χ0n) is 11.7. The molecule has 0 radical (unpaired) electrons. The van der Waals surface area contributed by atoms with Crippen LogP contribution in [0.25, 0.3) is 0 Å². The fourth-order valence-corrected chi connectivity index (χ4v) is 2.42. The summed E-state index contributed by atoms with van der Waals surface area (Å²) in [6.07, 6.45) is 1.33. The monoisotopic (exact) mass is 266 g/mol. The lowest BCUT2D eigenvalue weighted by Crippen LogP contribution is -2.46. The second-order valence-corrected chi connectivity index (χ2v) is 5.73. The van der Waals surface area contributed by atoms with Gasteiger partial charge in [0.05, 0.1) is 12.2 Å². The number of aliphatic imine (C=N–C) groups is 1. The molecule has 1 saturated carbocycles. The highest BCUT2D eigenvalue weighted by atomic mass is 19.1. The Hall–Kier alpha value is -1.32. The van der Waals surface area contributed by atoms with Crippen LogP contribution in [-0.2, 0) is 5.41 Å². The van der Waals surface area contributed by atoms with Crippen molar-refractivity contribution in [2.75, 3.05) is 6.54 Å². The van der Waals surface area contributed by atoms with E-state index >= 15 is 0 Å². The Kier molecular flexibility index (Phi) is 3.97. The highest BCUT2D eigenvalue weighted by Crippen LogP contribution is 2.45. The number of pyridine rings is 1.